The lowest BCUT2D eigenvalue weighted by molar-refractivity contribution is -0.118. The fraction of sp³-hybridized carbons (Fsp3) is 0.130. The number of benzene rings is 3. The van der Waals surface area contributed by atoms with E-state index in [0.29, 0.717) is 11.5 Å². The van der Waals surface area contributed by atoms with Crippen LogP contribution in [-0.4, -0.2) is 35.2 Å². The number of hydrazone groups is 1. The third-order valence-electron chi connectivity index (χ3n) is 4.56. The Morgan fingerprint density at radius 3 is 2.67 bits per heavy atom. The maximum absolute atomic E-state index is 12.2. The van der Waals surface area contributed by atoms with Gasteiger partial charge in [-0.05, 0) is 28.5 Å². The Kier molecular flexibility index (Phi) is 8.22. The van der Waals surface area contributed by atoms with E-state index in [2.05, 4.69) is 20.7 Å². The van der Waals surface area contributed by atoms with Crippen LogP contribution in [0.1, 0.15) is 11.1 Å². The van der Waals surface area contributed by atoms with Crippen molar-refractivity contribution in [2.24, 2.45) is 5.10 Å². The third kappa shape index (κ3) is 6.26. The summed E-state index contributed by atoms with van der Waals surface area (Å²) in [5.74, 6) is 1.37. The lowest BCUT2D eigenvalue weighted by Gasteiger charge is -2.08. The van der Waals surface area contributed by atoms with Crippen molar-refractivity contribution in [3.8, 4) is 5.75 Å². The molecule has 4 aromatic rings. The molecule has 1 aromatic heterocycles. The topological polar surface area (TPSA) is 76.5 Å². The largest absolute Gasteiger partial charge is 0.496 e. The number of nitrogens with zero attached hydrogens (tertiary/aromatic N) is 3. The van der Waals surface area contributed by atoms with Gasteiger partial charge in [0.05, 0.1) is 19.1 Å². The minimum Gasteiger partial charge on any atom is -0.496 e. The molecule has 0 bridgehead atoms. The van der Waals surface area contributed by atoms with Gasteiger partial charge in [0.15, 0.2) is 8.68 Å². The van der Waals surface area contributed by atoms with Crippen LogP contribution in [0.3, 0.4) is 0 Å². The highest BCUT2D eigenvalue weighted by Gasteiger charge is 2.10. The van der Waals surface area contributed by atoms with Crippen LogP contribution in [-0.2, 0) is 10.5 Å². The summed E-state index contributed by atoms with van der Waals surface area (Å²) in [4.78, 5) is 12.2. The molecule has 1 heterocycles. The molecule has 168 valence electrons. The maximum Gasteiger partial charge on any atom is 0.250 e. The van der Waals surface area contributed by atoms with Gasteiger partial charge in [-0.25, -0.2) is 5.43 Å². The van der Waals surface area contributed by atoms with E-state index in [1.165, 1.54) is 23.1 Å². The number of hydrogen-bond acceptors (Lipinski definition) is 8. The Bertz CT molecular complexity index is 1300. The summed E-state index contributed by atoms with van der Waals surface area (Å²) < 4.78 is 7.00. The molecule has 33 heavy (non-hydrogen) atoms. The monoisotopic (exact) mass is 514 g/mol. The molecule has 10 heteroatoms. The Balaban J connectivity index is 1.30. The van der Waals surface area contributed by atoms with Gasteiger partial charge in [0, 0.05) is 16.3 Å². The first kappa shape index (κ1) is 23.6. The zero-order valence-corrected chi connectivity index (χ0v) is 20.7. The first-order valence-corrected chi connectivity index (χ1v) is 13.0. The van der Waals surface area contributed by atoms with Gasteiger partial charge < -0.3 is 4.74 Å². The lowest BCUT2D eigenvalue weighted by Crippen LogP contribution is -2.19. The molecule has 0 saturated carbocycles. The molecule has 1 N–H and O–H groups in total. The van der Waals surface area contributed by atoms with E-state index in [4.69, 9.17) is 16.3 Å². The number of carbonyl (C=O) groups is 1. The molecular formula is C23H19ClN4O2S3. The minimum atomic E-state index is -0.226. The zero-order valence-electron chi connectivity index (χ0n) is 17.5. The van der Waals surface area contributed by atoms with Gasteiger partial charge >= 0.3 is 0 Å². The van der Waals surface area contributed by atoms with Crippen LogP contribution < -0.4 is 10.2 Å². The molecule has 0 aliphatic carbocycles. The summed E-state index contributed by atoms with van der Waals surface area (Å²) in [5.41, 5.74) is 4.43. The summed E-state index contributed by atoms with van der Waals surface area (Å²) in [5, 5.41) is 15.3. The van der Waals surface area contributed by atoms with E-state index in [9.17, 15) is 4.79 Å². The van der Waals surface area contributed by atoms with E-state index in [0.717, 1.165) is 35.6 Å². The number of halogens is 1. The number of hydrogen-bond donors (Lipinski definition) is 1. The van der Waals surface area contributed by atoms with Gasteiger partial charge in [-0.1, -0.05) is 95.0 Å². The van der Waals surface area contributed by atoms with Gasteiger partial charge in [-0.2, -0.15) is 5.10 Å². The summed E-state index contributed by atoms with van der Waals surface area (Å²) >= 11 is 10.5. The van der Waals surface area contributed by atoms with Crippen LogP contribution in [0.2, 0.25) is 5.02 Å². The van der Waals surface area contributed by atoms with Gasteiger partial charge in [-0.15, -0.1) is 10.2 Å². The first-order valence-electron chi connectivity index (χ1n) is 9.84. The van der Waals surface area contributed by atoms with E-state index >= 15 is 0 Å². The second kappa shape index (κ2) is 11.5. The van der Waals surface area contributed by atoms with Crippen LogP contribution in [0.4, 0.5) is 0 Å². The number of thioether (sulfide) groups is 2. The molecule has 3 aromatic carbocycles. The van der Waals surface area contributed by atoms with Crippen molar-refractivity contribution in [1.29, 1.82) is 0 Å². The minimum absolute atomic E-state index is 0.188. The van der Waals surface area contributed by atoms with Crippen LogP contribution in [0, 0.1) is 0 Å². The molecule has 0 radical (unpaired) electrons. The second-order valence-corrected chi connectivity index (χ2v) is 10.5. The van der Waals surface area contributed by atoms with Crippen LogP contribution >= 0.6 is 46.5 Å². The van der Waals surface area contributed by atoms with E-state index in [-0.39, 0.29) is 11.7 Å². The smallest absolute Gasteiger partial charge is 0.250 e. The molecular weight excluding hydrogens is 496 g/mol. The van der Waals surface area contributed by atoms with Gasteiger partial charge in [-0.3, -0.25) is 4.79 Å². The molecule has 0 atom stereocenters. The normalized spacial score (nSPS) is 11.2. The highest BCUT2D eigenvalue weighted by Crippen LogP contribution is 2.32. The Hall–Kier alpha value is -2.59. The Morgan fingerprint density at radius 2 is 1.85 bits per heavy atom. The van der Waals surface area contributed by atoms with E-state index in [1.807, 2.05) is 60.7 Å². The number of aromatic nitrogens is 2. The molecule has 0 spiro atoms. The predicted octanol–water partition coefficient (Wildman–Crippen LogP) is 5.89. The number of nitrogens with one attached hydrogen (secondary N) is 1. The number of carbonyl (C=O) groups excluding carboxylic acids is 1. The average Bonchev–Trinajstić information content (AvgIpc) is 3.30. The van der Waals surface area contributed by atoms with Crippen molar-refractivity contribution >= 4 is 69.4 Å². The predicted molar refractivity (Wildman–Crippen MR) is 138 cm³/mol. The zero-order chi connectivity index (χ0) is 23.0. The number of methoxy groups -OCH3 is 1. The number of ether oxygens (including phenoxy) is 1. The standard InChI is InChI=1S/C23H19ClN4O2S3/c1-30-20-11-10-15-6-2-4-8-17(15)18(20)12-25-26-21(29)14-32-23-28-27-22(33-23)31-13-16-7-3-5-9-19(16)24/h2-12H,13-14H2,1H3,(H,26,29). The van der Waals surface area contributed by atoms with Crippen molar-refractivity contribution in [3.63, 3.8) is 0 Å². The van der Waals surface area contributed by atoms with Crippen molar-refractivity contribution in [1.82, 2.24) is 15.6 Å². The van der Waals surface area contributed by atoms with E-state index in [1.54, 1.807) is 25.1 Å². The van der Waals surface area contributed by atoms with Crippen molar-refractivity contribution in [2.75, 3.05) is 12.9 Å². The highest BCUT2D eigenvalue weighted by molar-refractivity contribution is 8.03. The molecule has 6 nitrogen and oxygen atoms in total. The Morgan fingerprint density at radius 1 is 1.09 bits per heavy atom. The maximum atomic E-state index is 12.2. The van der Waals surface area contributed by atoms with Gasteiger partial charge in [0.2, 0.25) is 0 Å². The highest BCUT2D eigenvalue weighted by atomic mass is 35.5. The Labute approximate surface area is 208 Å². The van der Waals surface area contributed by atoms with Crippen LogP contribution in [0.5, 0.6) is 5.75 Å². The van der Waals surface area contributed by atoms with Gasteiger partial charge in [0.1, 0.15) is 5.75 Å². The third-order valence-corrected chi connectivity index (χ3v) is 8.16. The molecule has 0 aliphatic heterocycles. The number of rotatable bonds is 9. The SMILES string of the molecule is COc1ccc2ccccc2c1C=NNC(=O)CSc1nnc(SCc2ccccc2Cl)s1. The van der Waals surface area contributed by atoms with Crippen molar-refractivity contribution in [3.05, 3.63) is 76.8 Å². The quantitative estimate of drug-likeness (QED) is 0.170. The molecule has 0 saturated heterocycles. The van der Waals surface area contributed by atoms with Crippen molar-refractivity contribution in [2.45, 2.75) is 14.4 Å². The molecule has 0 fully saturated rings. The number of amides is 1. The number of fused-ring (bicyclic) bond motifs is 1. The lowest BCUT2D eigenvalue weighted by atomic mass is 10.0. The second-order valence-electron chi connectivity index (χ2n) is 6.70. The van der Waals surface area contributed by atoms with Crippen LogP contribution in [0.25, 0.3) is 10.8 Å². The average molecular weight is 515 g/mol. The molecule has 1 amide bonds. The first-order chi connectivity index (χ1) is 16.1. The van der Waals surface area contributed by atoms with Crippen LogP contribution in [0.15, 0.2) is 74.4 Å². The molecule has 4 rings (SSSR count). The molecule has 0 unspecified atom stereocenters. The fourth-order valence-electron chi connectivity index (χ4n) is 2.98. The summed E-state index contributed by atoms with van der Waals surface area (Å²) in [7, 11) is 1.61. The van der Waals surface area contributed by atoms with E-state index < -0.39 is 0 Å². The fourth-order valence-corrected chi connectivity index (χ4v) is 6.08. The summed E-state index contributed by atoms with van der Waals surface area (Å²) in [6, 6.07) is 19.5. The van der Waals surface area contributed by atoms with Gasteiger partial charge in [0.25, 0.3) is 5.91 Å². The summed E-state index contributed by atoms with van der Waals surface area (Å²) in [6.07, 6.45) is 1.61. The van der Waals surface area contributed by atoms with Crippen molar-refractivity contribution < 1.29 is 9.53 Å². The summed E-state index contributed by atoms with van der Waals surface area (Å²) in [6.45, 7) is 0. The molecule has 0 aliphatic rings.